The van der Waals surface area contributed by atoms with Crippen LogP contribution in [0.15, 0.2) is 65.7 Å². The number of carbonyl (C=O) groups is 1. The first-order valence-electron chi connectivity index (χ1n) is 9.86. The van der Waals surface area contributed by atoms with Crippen molar-refractivity contribution in [2.75, 3.05) is 7.05 Å². The molecule has 2 aliphatic heterocycles. The van der Waals surface area contributed by atoms with Gasteiger partial charge in [0.1, 0.15) is 0 Å². The molecule has 0 radical (unpaired) electrons. The number of ether oxygens (including phenoxy) is 1. The van der Waals surface area contributed by atoms with Crippen molar-refractivity contribution in [2.45, 2.75) is 26.3 Å². The number of hydrogen-bond donors (Lipinski definition) is 0. The molecule has 0 aliphatic carbocycles. The number of benzene rings is 3. The summed E-state index contributed by atoms with van der Waals surface area (Å²) in [5.74, 6) is 0.0304. The van der Waals surface area contributed by atoms with Crippen LogP contribution in [0.25, 0.3) is 11.1 Å². The van der Waals surface area contributed by atoms with Crippen LogP contribution in [0.5, 0.6) is 0 Å². The SMILES string of the molecule is CN(Cc1cccc2c1CN=C2)C(=O)c1ccc(-c2ccccc2)c2c1COC2. The first-order chi connectivity index (χ1) is 14.2. The zero-order valence-electron chi connectivity index (χ0n) is 16.4. The van der Waals surface area contributed by atoms with E-state index in [0.717, 1.165) is 38.9 Å². The molecule has 3 aromatic carbocycles. The van der Waals surface area contributed by atoms with Gasteiger partial charge in [-0.1, -0.05) is 54.6 Å². The monoisotopic (exact) mass is 382 g/mol. The predicted molar refractivity (Wildman–Crippen MR) is 114 cm³/mol. The highest BCUT2D eigenvalue weighted by atomic mass is 16.5. The average molecular weight is 382 g/mol. The summed E-state index contributed by atoms with van der Waals surface area (Å²) in [6.45, 7) is 2.30. The van der Waals surface area contributed by atoms with Gasteiger partial charge in [0.15, 0.2) is 0 Å². The Morgan fingerprint density at radius 1 is 0.966 bits per heavy atom. The summed E-state index contributed by atoms with van der Waals surface area (Å²) in [6, 6.07) is 20.5. The summed E-state index contributed by atoms with van der Waals surface area (Å²) in [5, 5.41) is 0. The van der Waals surface area contributed by atoms with Gasteiger partial charge >= 0.3 is 0 Å². The maximum atomic E-state index is 13.3. The molecule has 0 unspecified atom stereocenters. The average Bonchev–Trinajstić information content (AvgIpc) is 3.43. The standard InChI is InChI=1S/C25H22N2O2/c1-27(14-19-9-5-8-18-12-26-13-22(18)19)25(28)21-11-10-20(17-6-3-2-4-7-17)23-15-29-16-24(21)23/h2-12H,13-16H2,1H3. The Kier molecular flexibility index (Phi) is 4.49. The Hall–Kier alpha value is -3.24. The molecule has 0 saturated heterocycles. The first kappa shape index (κ1) is 17.8. The van der Waals surface area contributed by atoms with Crippen LogP contribution in [0, 0.1) is 0 Å². The van der Waals surface area contributed by atoms with E-state index in [1.807, 2.05) is 43.6 Å². The topological polar surface area (TPSA) is 41.9 Å². The van der Waals surface area contributed by atoms with E-state index in [1.165, 1.54) is 5.56 Å². The second kappa shape index (κ2) is 7.30. The van der Waals surface area contributed by atoms with E-state index >= 15 is 0 Å². The molecule has 1 amide bonds. The van der Waals surface area contributed by atoms with E-state index in [-0.39, 0.29) is 5.91 Å². The molecule has 0 saturated carbocycles. The van der Waals surface area contributed by atoms with Crippen molar-refractivity contribution in [2.24, 2.45) is 4.99 Å². The molecular formula is C25H22N2O2. The zero-order valence-corrected chi connectivity index (χ0v) is 16.4. The molecule has 0 bridgehead atoms. The van der Waals surface area contributed by atoms with Crippen molar-refractivity contribution >= 4 is 12.1 Å². The maximum Gasteiger partial charge on any atom is 0.254 e. The largest absolute Gasteiger partial charge is 0.372 e. The molecule has 2 aliphatic rings. The van der Waals surface area contributed by atoms with Crippen LogP contribution in [-0.2, 0) is 31.0 Å². The van der Waals surface area contributed by atoms with Crippen LogP contribution in [0.4, 0.5) is 0 Å². The third-order valence-electron chi connectivity index (χ3n) is 5.78. The van der Waals surface area contributed by atoms with Crippen molar-refractivity contribution in [3.63, 3.8) is 0 Å². The smallest absolute Gasteiger partial charge is 0.254 e. The fourth-order valence-corrected chi connectivity index (χ4v) is 4.25. The number of rotatable bonds is 4. The molecule has 4 nitrogen and oxygen atoms in total. The minimum absolute atomic E-state index is 0.0304. The van der Waals surface area contributed by atoms with Crippen LogP contribution in [0.2, 0.25) is 0 Å². The Labute approximate surface area is 170 Å². The van der Waals surface area contributed by atoms with Gasteiger partial charge < -0.3 is 9.64 Å². The van der Waals surface area contributed by atoms with E-state index in [1.54, 1.807) is 4.90 Å². The Morgan fingerprint density at radius 3 is 2.66 bits per heavy atom. The highest BCUT2D eigenvalue weighted by molar-refractivity contribution is 5.97. The summed E-state index contributed by atoms with van der Waals surface area (Å²) < 4.78 is 5.74. The number of amides is 1. The van der Waals surface area contributed by atoms with Crippen molar-refractivity contribution < 1.29 is 9.53 Å². The summed E-state index contributed by atoms with van der Waals surface area (Å²) in [6.07, 6.45) is 1.91. The summed E-state index contributed by atoms with van der Waals surface area (Å²) in [4.78, 5) is 19.5. The van der Waals surface area contributed by atoms with Crippen molar-refractivity contribution in [3.05, 3.63) is 94.0 Å². The molecule has 0 fully saturated rings. The Balaban J connectivity index is 1.45. The zero-order chi connectivity index (χ0) is 19.8. The van der Waals surface area contributed by atoms with Gasteiger partial charge in [0, 0.05) is 25.4 Å². The molecule has 0 N–H and O–H groups in total. The Morgan fingerprint density at radius 2 is 1.79 bits per heavy atom. The molecule has 0 atom stereocenters. The Bertz CT molecular complexity index is 1120. The molecule has 5 rings (SSSR count). The van der Waals surface area contributed by atoms with Crippen LogP contribution in [-0.4, -0.2) is 24.1 Å². The van der Waals surface area contributed by atoms with Gasteiger partial charge in [0.05, 0.1) is 19.8 Å². The van der Waals surface area contributed by atoms with Crippen molar-refractivity contribution in [3.8, 4) is 11.1 Å². The third-order valence-corrected chi connectivity index (χ3v) is 5.78. The number of aliphatic imine (C=N–C) groups is 1. The van der Waals surface area contributed by atoms with Crippen LogP contribution < -0.4 is 0 Å². The molecule has 0 aromatic heterocycles. The normalized spacial score (nSPS) is 14.0. The minimum atomic E-state index is 0.0304. The molecule has 2 heterocycles. The first-order valence-corrected chi connectivity index (χ1v) is 9.86. The lowest BCUT2D eigenvalue weighted by Crippen LogP contribution is -2.27. The molecule has 4 heteroatoms. The van der Waals surface area contributed by atoms with Gasteiger partial charge in [-0.2, -0.15) is 0 Å². The number of carbonyl (C=O) groups excluding carboxylic acids is 1. The van der Waals surface area contributed by atoms with Gasteiger partial charge in [-0.15, -0.1) is 0 Å². The fourth-order valence-electron chi connectivity index (χ4n) is 4.25. The molecule has 144 valence electrons. The number of hydrogen-bond acceptors (Lipinski definition) is 3. The number of fused-ring (bicyclic) bond motifs is 2. The minimum Gasteiger partial charge on any atom is -0.372 e. The van der Waals surface area contributed by atoms with Gasteiger partial charge in [-0.25, -0.2) is 0 Å². The van der Waals surface area contributed by atoms with Crippen molar-refractivity contribution in [1.82, 2.24) is 4.90 Å². The quantitative estimate of drug-likeness (QED) is 0.662. The highest BCUT2D eigenvalue weighted by Gasteiger charge is 2.25. The predicted octanol–water partition coefficient (Wildman–Crippen LogP) is 4.59. The number of nitrogens with zero attached hydrogens (tertiary/aromatic N) is 2. The lowest BCUT2D eigenvalue weighted by atomic mass is 9.93. The summed E-state index contributed by atoms with van der Waals surface area (Å²) >= 11 is 0. The fraction of sp³-hybridized carbons (Fsp3) is 0.200. The van der Waals surface area contributed by atoms with E-state index in [2.05, 4.69) is 35.3 Å². The third kappa shape index (κ3) is 3.15. The molecule has 0 spiro atoms. The van der Waals surface area contributed by atoms with Gasteiger partial charge in [-0.05, 0) is 45.0 Å². The van der Waals surface area contributed by atoms with E-state index in [0.29, 0.717) is 26.3 Å². The summed E-state index contributed by atoms with van der Waals surface area (Å²) in [7, 11) is 1.87. The lowest BCUT2D eigenvalue weighted by Gasteiger charge is -2.21. The van der Waals surface area contributed by atoms with Crippen LogP contribution in [0.3, 0.4) is 0 Å². The van der Waals surface area contributed by atoms with Crippen LogP contribution >= 0.6 is 0 Å². The highest BCUT2D eigenvalue weighted by Crippen LogP contribution is 2.34. The van der Waals surface area contributed by atoms with E-state index in [4.69, 9.17) is 4.74 Å². The van der Waals surface area contributed by atoms with Gasteiger partial charge in [0.2, 0.25) is 0 Å². The van der Waals surface area contributed by atoms with E-state index in [9.17, 15) is 4.79 Å². The second-order valence-electron chi connectivity index (χ2n) is 7.59. The second-order valence-corrected chi connectivity index (χ2v) is 7.59. The molecule has 3 aromatic rings. The molecule has 29 heavy (non-hydrogen) atoms. The maximum absolute atomic E-state index is 13.3. The van der Waals surface area contributed by atoms with Gasteiger partial charge in [-0.3, -0.25) is 9.79 Å². The lowest BCUT2D eigenvalue weighted by molar-refractivity contribution is 0.0780. The van der Waals surface area contributed by atoms with Crippen LogP contribution in [0.1, 0.15) is 38.2 Å². The van der Waals surface area contributed by atoms with Gasteiger partial charge in [0.25, 0.3) is 5.91 Å². The van der Waals surface area contributed by atoms with Crippen molar-refractivity contribution in [1.29, 1.82) is 0 Å². The summed E-state index contributed by atoms with van der Waals surface area (Å²) in [5.41, 5.74) is 8.73. The van der Waals surface area contributed by atoms with E-state index < -0.39 is 0 Å². The molecular weight excluding hydrogens is 360 g/mol.